The van der Waals surface area contributed by atoms with Crippen LogP contribution in [0.2, 0.25) is 0 Å². The van der Waals surface area contributed by atoms with E-state index in [1.165, 1.54) is 12.1 Å². The molecule has 0 radical (unpaired) electrons. The molecule has 0 saturated carbocycles. The second-order valence-electron chi connectivity index (χ2n) is 5.87. The predicted molar refractivity (Wildman–Crippen MR) is 97.7 cm³/mol. The lowest BCUT2D eigenvalue weighted by Gasteiger charge is -2.10. The van der Waals surface area contributed by atoms with E-state index in [0.29, 0.717) is 12.1 Å². The number of rotatable bonds is 5. The Hall–Kier alpha value is -2.97. The molecule has 1 heterocycles. The summed E-state index contributed by atoms with van der Waals surface area (Å²) in [5.74, 6) is -0.356. The van der Waals surface area contributed by atoms with E-state index >= 15 is 0 Å². The molecule has 3 aromatic rings. The molecule has 0 aliphatic rings. The lowest BCUT2D eigenvalue weighted by atomic mass is 10.1. The highest BCUT2D eigenvalue weighted by Gasteiger charge is 2.14. The number of amides is 1. The molecule has 8 heteroatoms. The van der Waals surface area contributed by atoms with Gasteiger partial charge < -0.3 is 5.32 Å². The SMILES string of the molecule is Cc1ccc(S(N)(=O)=O)cc1C(=O)NCc1ccc(-c2ccn[nH]2)cc1. The third-order valence-corrected chi connectivity index (χ3v) is 4.91. The third kappa shape index (κ3) is 3.98. The molecule has 0 aliphatic carbocycles. The predicted octanol–water partition coefficient (Wildman–Crippen LogP) is 1.96. The summed E-state index contributed by atoms with van der Waals surface area (Å²) >= 11 is 0. The first-order valence-electron chi connectivity index (χ1n) is 7.85. The largest absolute Gasteiger partial charge is 0.348 e. The third-order valence-electron chi connectivity index (χ3n) is 4.00. The Balaban J connectivity index is 1.71. The number of benzene rings is 2. The molecule has 0 saturated heterocycles. The minimum absolute atomic E-state index is 0.0860. The summed E-state index contributed by atoms with van der Waals surface area (Å²) in [5.41, 5.74) is 3.78. The van der Waals surface area contributed by atoms with Crippen molar-refractivity contribution in [2.75, 3.05) is 0 Å². The minimum Gasteiger partial charge on any atom is -0.348 e. The van der Waals surface area contributed by atoms with E-state index in [1.54, 1.807) is 19.2 Å². The highest BCUT2D eigenvalue weighted by atomic mass is 32.2. The summed E-state index contributed by atoms with van der Waals surface area (Å²) in [6, 6.07) is 13.8. The Bertz CT molecular complexity index is 1030. The standard InChI is InChI=1S/C18H18N4O3S/c1-12-2-7-15(26(19,24)25)10-16(12)18(23)20-11-13-3-5-14(6-4-13)17-8-9-21-22-17/h2-10H,11H2,1H3,(H,20,23)(H,21,22)(H2,19,24,25). The normalized spacial score (nSPS) is 11.3. The Labute approximate surface area is 151 Å². The average Bonchev–Trinajstić information content (AvgIpc) is 3.14. The molecular weight excluding hydrogens is 352 g/mol. The number of aromatic nitrogens is 2. The number of nitrogens with two attached hydrogens (primary N) is 1. The molecule has 3 rings (SSSR count). The van der Waals surface area contributed by atoms with Crippen LogP contribution < -0.4 is 10.5 Å². The van der Waals surface area contributed by atoms with E-state index in [2.05, 4.69) is 15.5 Å². The molecule has 134 valence electrons. The van der Waals surface area contributed by atoms with Crippen LogP contribution in [-0.2, 0) is 16.6 Å². The number of aryl methyl sites for hydroxylation is 1. The van der Waals surface area contributed by atoms with Gasteiger partial charge >= 0.3 is 0 Å². The van der Waals surface area contributed by atoms with Gasteiger partial charge in [-0.05, 0) is 41.8 Å². The van der Waals surface area contributed by atoms with Crippen LogP contribution in [0.4, 0.5) is 0 Å². The highest BCUT2D eigenvalue weighted by Crippen LogP contribution is 2.17. The van der Waals surface area contributed by atoms with Gasteiger partial charge in [0.05, 0.1) is 10.6 Å². The highest BCUT2D eigenvalue weighted by molar-refractivity contribution is 7.89. The van der Waals surface area contributed by atoms with E-state index in [0.717, 1.165) is 16.8 Å². The minimum atomic E-state index is -3.86. The molecule has 0 fully saturated rings. The van der Waals surface area contributed by atoms with E-state index in [1.807, 2.05) is 30.3 Å². The van der Waals surface area contributed by atoms with Crippen LogP contribution in [-0.4, -0.2) is 24.5 Å². The van der Waals surface area contributed by atoms with Gasteiger partial charge in [0.15, 0.2) is 0 Å². The molecule has 4 N–H and O–H groups in total. The van der Waals surface area contributed by atoms with Gasteiger partial charge in [0.25, 0.3) is 5.91 Å². The van der Waals surface area contributed by atoms with Crippen molar-refractivity contribution in [1.82, 2.24) is 15.5 Å². The maximum absolute atomic E-state index is 12.4. The summed E-state index contributed by atoms with van der Waals surface area (Å²) in [7, 11) is -3.86. The quantitative estimate of drug-likeness (QED) is 0.636. The summed E-state index contributed by atoms with van der Waals surface area (Å²) < 4.78 is 22.9. The number of carbonyl (C=O) groups is 1. The fraction of sp³-hybridized carbons (Fsp3) is 0.111. The molecule has 0 unspecified atom stereocenters. The van der Waals surface area contributed by atoms with E-state index in [9.17, 15) is 13.2 Å². The number of hydrogen-bond acceptors (Lipinski definition) is 4. The molecule has 1 aromatic heterocycles. The van der Waals surface area contributed by atoms with Crippen molar-refractivity contribution in [1.29, 1.82) is 0 Å². The molecular formula is C18H18N4O3S. The van der Waals surface area contributed by atoms with Crippen molar-refractivity contribution >= 4 is 15.9 Å². The summed E-state index contributed by atoms with van der Waals surface area (Å²) in [4.78, 5) is 12.3. The van der Waals surface area contributed by atoms with E-state index < -0.39 is 10.0 Å². The monoisotopic (exact) mass is 370 g/mol. The first-order chi connectivity index (χ1) is 12.3. The topological polar surface area (TPSA) is 118 Å². The molecule has 1 amide bonds. The number of nitrogens with zero attached hydrogens (tertiary/aromatic N) is 1. The lowest BCUT2D eigenvalue weighted by molar-refractivity contribution is 0.0950. The number of sulfonamides is 1. The van der Waals surface area contributed by atoms with Crippen LogP contribution >= 0.6 is 0 Å². The Morgan fingerprint density at radius 1 is 1.15 bits per heavy atom. The molecule has 2 aromatic carbocycles. The van der Waals surface area contributed by atoms with Crippen LogP contribution in [0.25, 0.3) is 11.3 Å². The molecule has 0 bridgehead atoms. The lowest BCUT2D eigenvalue weighted by Crippen LogP contribution is -2.24. The fourth-order valence-electron chi connectivity index (χ4n) is 2.52. The van der Waals surface area contributed by atoms with Crippen molar-refractivity contribution in [2.24, 2.45) is 5.14 Å². The number of primary sulfonamides is 1. The first kappa shape index (κ1) is 17.8. The second-order valence-corrected chi connectivity index (χ2v) is 7.43. The molecule has 7 nitrogen and oxygen atoms in total. The van der Waals surface area contributed by atoms with Gasteiger partial charge in [-0.1, -0.05) is 30.3 Å². The van der Waals surface area contributed by atoms with Crippen LogP contribution in [0.1, 0.15) is 21.5 Å². The van der Waals surface area contributed by atoms with E-state index in [-0.39, 0.29) is 16.4 Å². The zero-order chi connectivity index (χ0) is 18.7. The fourth-order valence-corrected chi connectivity index (χ4v) is 3.06. The summed E-state index contributed by atoms with van der Waals surface area (Å²) in [5, 5.41) is 14.7. The summed E-state index contributed by atoms with van der Waals surface area (Å²) in [6.07, 6.45) is 1.68. The van der Waals surface area contributed by atoms with Gasteiger partial charge in [0.2, 0.25) is 10.0 Å². The number of H-pyrrole nitrogens is 1. The van der Waals surface area contributed by atoms with Crippen LogP contribution in [0, 0.1) is 6.92 Å². The Morgan fingerprint density at radius 2 is 1.88 bits per heavy atom. The number of carbonyl (C=O) groups excluding carboxylic acids is 1. The van der Waals surface area contributed by atoms with Crippen molar-refractivity contribution in [3.63, 3.8) is 0 Å². The molecule has 0 aliphatic heterocycles. The zero-order valence-electron chi connectivity index (χ0n) is 14.1. The maximum Gasteiger partial charge on any atom is 0.251 e. The molecule has 0 spiro atoms. The smallest absolute Gasteiger partial charge is 0.251 e. The maximum atomic E-state index is 12.4. The van der Waals surface area contributed by atoms with Gasteiger partial charge in [-0.25, -0.2) is 13.6 Å². The van der Waals surface area contributed by atoms with Gasteiger partial charge in [-0.3, -0.25) is 9.89 Å². The summed E-state index contributed by atoms with van der Waals surface area (Å²) in [6.45, 7) is 2.06. The van der Waals surface area contributed by atoms with Crippen LogP contribution in [0.15, 0.2) is 59.6 Å². The van der Waals surface area contributed by atoms with Crippen LogP contribution in [0.3, 0.4) is 0 Å². The number of hydrogen-bond donors (Lipinski definition) is 3. The number of aromatic amines is 1. The zero-order valence-corrected chi connectivity index (χ0v) is 14.9. The molecule has 26 heavy (non-hydrogen) atoms. The first-order valence-corrected chi connectivity index (χ1v) is 9.39. The average molecular weight is 370 g/mol. The van der Waals surface area contributed by atoms with E-state index in [4.69, 9.17) is 5.14 Å². The van der Waals surface area contributed by atoms with Gasteiger partial charge in [0.1, 0.15) is 0 Å². The van der Waals surface area contributed by atoms with Gasteiger partial charge in [0, 0.05) is 18.3 Å². The van der Waals surface area contributed by atoms with Crippen molar-refractivity contribution in [2.45, 2.75) is 18.4 Å². The Morgan fingerprint density at radius 3 is 2.50 bits per heavy atom. The second kappa shape index (κ2) is 7.11. The van der Waals surface area contributed by atoms with Gasteiger partial charge in [-0.2, -0.15) is 5.10 Å². The Kier molecular flexibility index (Phi) is 4.88. The van der Waals surface area contributed by atoms with Crippen molar-refractivity contribution in [3.8, 4) is 11.3 Å². The van der Waals surface area contributed by atoms with Crippen LogP contribution in [0.5, 0.6) is 0 Å². The van der Waals surface area contributed by atoms with Gasteiger partial charge in [-0.15, -0.1) is 0 Å². The van der Waals surface area contributed by atoms with Crippen molar-refractivity contribution in [3.05, 3.63) is 71.4 Å². The number of nitrogens with one attached hydrogen (secondary N) is 2. The van der Waals surface area contributed by atoms with Crippen molar-refractivity contribution < 1.29 is 13.2 Å². The molecule has 0 atom stereocenters.